The molecule has 0 radical (unpaired) electrons. The molecule has 0 aromatic rings. The highest BCUT2D eigenvalue weighted by molar-refractivity contribution is 7.84. The van der Waals surface area contributed by atoms with E-state index in [1.807, 2.05) is 0 Å². The van der Waals surface area contributed by atoms with Gasteiger partial charge in [0.15, 0.2) is 5.78 Å². The predicted molar refractivity (Wildman–Crippen MR) is 72.3 cm³/mol. The first-order chi connectivity index (χ1) is 7.96. The van der Waals surface area contributed by atoms with Crippen LogP contribution >= 0.6 is 34.8 Å². The smallest absolute Gasteiger partial charge is 0.298 e. The maximum atomic E-state index is 11.7. The van der Waals surface area contributed by atoms with Crippen molar-refractivity contribution >= 4 is 50.9 Å². The van der Waals surface area contributed by atoms with Crippen molar-refractivity contribution in [1.29, 1.82) is 0 Å². The first kappa shape index (κ1) is 18.4. The van der Waals surface area contributed by atoms with Crippen LogP contribution in [-0.4, -0.2) is 30.1 Å². The third-order valence-electron chi connectivity index (χ3n) is 2.37. The van der Waals surface area contributed by atoms with E-state index < -0.39 is 26.2 Å². The van der Waals surface area contributed by atoms with Gasteiger partial charge in [-0.05, 0) is 13.3 Å². The van der Waals surface area contributed by atoms with Crippen LogP contribution in [-0.2, 0) is 19.3 Å². The Hall–Kier alpha value is 0.410. The average Bonchev–Trinajstić information content (AvgIpc) is 2.24. The quantitative estimate of drug-likeness (QED) is 0.722. The van der Waals surface area contributed by atoms with Gasteiger partial charge in [0.2, 0.25) is 3.79 Å². The van der Waals surface area contributed by atoms with E-state index >= 15 is 0 Å². The van der Waals surface area contributed by atoms with Crippen molar-refractivity contribution in [3.8, 4) is 0 Å². The van der Waals surface area contributed by atoms with Crippen LogP contribution in [0.3, 0.4) is 0 Å². The predicted octanol–water partition coefficient (Wildman–Crippen LogP) is 2.36. The van der Waals surface area contributed by atoms with Crippen LogP contribution in [0.4, 0.5) is 0 Å². The second-order valence-corrected chi connectivity index (χ2v) is 7.76. The molecule has 5 nitrogen and oxygen atoms in total. The highest BCUT2D eigenvalue weighted by Crippen LogP contribution is 2.26. The molecule has 18 heavy (non-hydrogen) atoms. The number of halogens is 3. The molecule has 0 aliphatic heterocycles. The van der Waals surface area contributed by atoms with Crippen molar-refractivity contribution in [2.75, 3.05) is 6.61 Å². The summed E-state index contributed by atoms with van der Waals surface area (Å²) in [6, 6.07) is 0. The molecule has 0 amide bonds. The minimum absolute atomic E-state index is 0.206. The van der Waals surface area contributed by atoms with E-state index in [1.54, 1.807) is 13.8 Å². The van der Waals surface area contributed by atoms with E-state index in [0.717, 1.165) is 0 Å². The number of carbonyl (C=O) groups is 1. The van der Waals surface area contributed by atoms with Crippen LogP contribution < -0.4 is 4.72 Å². The zero-order valence-corrected chi connectivity index (χ0v) is 13.4. The van der Waals surface area contributed by atoms with Crippen molar-refractivity contribution in [3.05, 3.63) is 0 Å². The van der Waals surface area contributed by atoms with E-state index in [0.29, 0.717) is 0 Å². The van der Waals surface area contributed by atoms with E-state index in [4.69, 9.17) is 34.8 Å². The number of alkyl halides is 3. The second-order valence-electron chi connectivity index (χ2n) is 3.90. The molecule has 0 saturated carbocycles. The monoisotopic (exact) mass is 339 g/mol. The summed E-state index contributed by atoms with van der Waals surface area (Å²) in [6.45, 7) is 4.18. The molecule has 9 heteroatoms. The lowest BCUT2D eigenvalue weighted by Gasteiger charge is -2.27. The molecular weight excluding hydrogens is 325 g/mol. The van der Waals surface area contributed by atoms with Crippen LogP contribution in [0, 0.1) is 0 Å². The minimum atomic E-state index is -4.16. The first-order valence-electron chi connectivity index (χ1n) is 5.24. The fourth-order valence-corrected chi connectivity index (χ4v) is 2.72. The number of hydrogen-bond donors (Lipinski definition) is 1. The van der Waals surface area contributed by atoms with Gasteiger partial charge in [-0.15, -0.1) is 0 Å². The van der Waals surface area contributed by atoms with Gasteiger partial charge in [-0.3, -0.25) is 8.98 Å². The van der Waals surface area contributed by atoms with Crippen LogP contribution in [0.5, 0.6) is 0 Å². The van der Waals surface area contributed by atoms with Gasteiger partial charge in [0, 0.05) is 6.42 Å². The van der Waals surface area contributed by atoms with Gasteiger partial charge in [0.1, 0.15) is 6.61 Å². The first-order valence-corrected chi connectivity index (χ1v) is 7.78. The van der Waals surface area contributed by atoms with E-state index in [1.165, 1.54) is 6.92 Å². The van der Waals surface area contributed by atoms with Gasteiger partial charge in [-0.1, -0.05) is 48.7 Å². The van der Waals surface area contributed by atoms with Crippen LogP contribution in [0.15, 0.2) is 0 Å². The molecule has 0 saturated heterocycles. The number of carbonyl (C=O) groups excluding carboxylic acids is 1. The standard InChI is InChI=1S/C9H16Cl3NO4S/c1-4-7(14)8(3,5-2)13-18(15,16)17-6-9(10,11)12/h13H,4-6H2,1-3H3. The molecule has 0 aliphatic rings. The topological polar surface area (TPSA) is 72.5 Å². The molecule has 0 fully saturated rings. The van der Waals surface area contributed by atoms with Crippen molar-refractivity contribution in [2.24, 2.45) is 0 Å². The van der Waals surface area contributed by atoms with Gasteiger partial charge in [0.05, 0.1) is 5.54 Å². The third-order valence-corrected chi connectivity index (χ3v) is 3.83. The second kappa shape index (κ2) is 6.72. The van der Waals surface area contributed by atoms with Crippen LogP contribution in [0.25, 0.3) is 0 Å². The van der Waals surface area contributed by atoms with Crippen molar-refractivity contribution in [2.45, 2.75) is 42.9 Å². The molecule has 0 aromatic heterocycles. The molecule has 0 heterocycles. The maximum Gasteiger partial charge on any atom is 0.336 e. The Morgan fingerprint density at radius 3 is 2.11 bits per heavy atom. The van der Waals surface area contributed by atoms with Crippen molar-refractivity contribution < 1.29 is 17.4 Å². The highest BCUT2D eigenvalue weighted by atomic mass is 35.6. The Bertz CT molecular complexity index is 393. The van der Waals surface area contributed by atoms with Crippen molar-refractivity contribution in [3.63, 3.8) is 0 Å². The zero-order chi connectivity index (χ0) is 14.6. The van der Waals surface area contributed by atoms with Crippen LogP contribution in [0.2, 0.25) is 0 Å². The number of nitrogens with one attached hydrogen (secondary N) is 1. The number of rotatable bonds is 7. The molecule has 1 atom stereocenters. The normalized spacial score (nSPS) is 16.3. The molecular formula is C9H16Cl3NO4S. The van der Waals surface area contributed by atoms with Gasteiger partial charge in [-0.2, -0.15) is 13.1 Å². The Morgan fingerprint density at radius 2 is 1.78 bits per heavy atom. The summed E-state index contributed by atoms with van der Waals surface area (Å²) in [6.07, 6.45) is 0.493. The summed E-state index contributed by atoms with van der Waals surface area (Å²) in [4.78, 5) is 11.7. The Labute approximate surface area is 122 Å². The summed E-state index contributed by atoms with van der Waals surface area (Å²) >= 11 is 16.1. The molecule has 0 aromatic carbocycles. The minimum Gasteiger partial charge on any atom is -0.298 e. The SMILES string of the molecule is CCC(=O)C(C)(CC)NS(=O)(=O)OCC(Cl)(Cl)Cl. The van der Waals surface area contributed by atoms with Crippen molar-refractivity contribution in [1.82, 2.24) is 4.72 Å². The molecule has 1 unspecified atom stereocenters. The molecule has 108 valence electrons. The lowest BCUT2D eigenvalue weighted by Crippen LogP contribution is -2.52. The highest BCUT2D eigenvalue weighted by Gasteiger charge is 2.35. The summed E-state index contributed by atoms with van der Waals surface area (Å²) in [5.41, 5.74) is -1.22. The van der Waals surface area contributed by atoms with Gasteiger partial charge in [0.25, 0.3) is 0 Å². The van der Waals surface area contributed by atoms with E-state index in [2.05, 4.69) is 8.91 Å². The fraction of sp³-hybridized carbons (Fsp3) is 0.889. The zero-order valence-electron chi connectivity index (χ0n) is 10.3. The summed E-state index contributed by atoms with van der Waals surface area (Å²) in [5.74, 6) is -0.244. The summed E-state index contributed by atoms with van der Waals surface area (Å²) in [5, 5.41) is 0. The Kier molecular flexibility index (Phi) is 6.87. The van der Waals surface area contributed by atoms with E-state index in [-0.39, 0.29) is 18.6 Å². The summed E-state index contributed by atoms with van der Waals surface area (Å²) < 4.78 is 28.0. The molecule has 1 N–H and O–H groups in total. The molecule has 0 spiro atoms. The third kappa shape index (κ3) is 6.54. The number of ketones is 1. The Morgan fingerprint density at radius 1 is 1.28 bits per heavy atom. The molecule has 0 rings (SSSR count). The van der Waals surface area contributed by atoms with Gasteiger partial charge in [-0.25, -0.2) is 0 Å². The average molecular weight is 341 g/mol. The summed E-state index contributed by atoms with van der Waals surface area (Å²) in [7, 11) is -4.16. The van der Waals surface area contributed by atoms with Gasteiger partial charge < -0.3 is 0 Å². The number of Topliss-reactive ketones (excluding diaryl/α,β-unsaturated/α-hetero) is 1. The Balaban J connectivity index is 4.79. The maximum absolute atomic E-state index is 11.7. The van der Waals surface area contributed by atoms with Gasteiger partial charge >= 0.3 is 10.3 Å². The van der Waals surface area contributed by atoms with Crippen LogP contribution in [0.1, 0.15) is 33.6 Å². The number of hydrogen-bond acceptors (Lipinski definition) is 4. The molecule has 0 bridgehead atoms. The fourth-order valence-electron chi connectivity index (χ4n) is 1.17. The molecule has 0 aliphatic carbocycles. The van der Waals surface area contributed by atoms with E-state index in [9.17, 15) is 13.2 Å². The lowest BCUT2D eigenvalue weighted by molar-refractivity contribution is -0.124. The lowest BCUT2D eigenvalue weighted by atomic mass is 9.93. The largest absolute Gasteiger partial charge is 0.336 e.